The van der Waals surface area contributed by atoms with Crippen molar-refractivity contribution in [1.29, 1.82) is 10.5 Å². The molecule has 3 N–H and O–H groups in total. The number of carboxylic acids is 1. The number of nitrogens with two attached hydrogens (primary N) is 1. The number of Topliss-reactive ketones (excluding diaryl/α,β-unsaturated/α-hetero) is 1. The van der Waals surface area contributed by atoms with Crippen LogP contribution >= 0.6 is 0 Å². The fourth-order valence-electron chi connectivity index (χ4n) is 7.64. The van der Waals surface area contributed by atoms with Crippen molar-refractivity contribution >= 4 is 45.2 Å². The lowest BCUT2D eigenvalue weighted by molar-refractivity contribution is -0.139. The SMILES string of the molecule is CC(C)(C)CC(=O)O.CC1CC(CC(=O)CC(C)(C)C)CN(c2ccc(C#N)c3nccnc23)C1.CC1CC(N)CN(c2ccc(C#N)c3nccnc23)C1. The molecule has 2 aliphatic rings. The molecule has 2 fully saturated rings. The van der Waals surface area contributed by atoms with Crippen molar-refractivity contribution in [3.63, 3.8) is 0 Å². The summed E-state index contributed by atoms with van der Waals surface area (Å²) in [5.74, 6) is 1.05. The molecule has 0 bridgehead atoms. The fraction of sp³-hybridized carbons (Fsp3) is 0.535. The number of aromatic nitrogens is 4. The highest BCUT2D eigenvalue weighted by atomic mass is 16.4. The van der Waals surface area contributed by atoms with Crippen LogP contribution in [-0.4, -0.2) is 69.0 Å². The Hall–Kier alpha value is -5.20. The summed E-state index contributed by atoms with van der Waals surface area (Å²) in [6.07, 6.45) is 10.2. The molecule has 292 valence electrons. The smallest absolute Gasteiger partial charge is 0.303 e. The number of carbonyl (C=O) groups excluding carboxylic acids is 1. The van der Waals surface area contributed by atoms with Crippen LogP contribution in [0, 0.1) is 51.2 Å². The van der Waals surface area contributed by atoms with Crippen molar-refractivity contribution in [1.82, 2.24) is 19.9 Å². The minimum absolute atomic E-state index is 0.0377. The van der Waals surface area contributed by atoms with E-state index in [4.69, 9.17) is 16.1 Å². The van der Waals surface area contributed by atoms with Crippen LogP contribution in [0.5, 0.6) is 0 Å². The summed E-state index contributed by atoms with van der Waals surface area (Å²) < 4.78 is 0. The number of aliphatic carboxylic acids is 1. The largest absolute Gasteiger partial charge is 0.481 e. The summed E-state index contributed by atoms with van der Waals surface area (Å²) in [7, 11) is 0. The standard InChI is InChI=1S/C22H28N4O.C15H17N5.C6H12O2/c1-15-9-16(10-18(27)11-22(2,3)4)14-26(13-15)19-6-5-17(12-23)20-21(19)25-8-7-24-20;1-10-6-12(17)9-20(8-10)13-3-2-11(7-16)14-15(13)19-5-4-18-14;1-6(2,3)4-5(7)8/h5-8,15-16H,9-11,13-14H2,1-4H3;2-5,10,12H,6,8-9,17H2,1H3;4H2,1-3H3,(H,7,8). The zero-order valence-corrected chi connectivity index (χ0v) is 33.7. The van der Waals surface area contributed by atoms with E-state index in [-0.39, 0.29) is 23.3 Å². The van der Waals surface area contributed by atoms with E-state index in [1.807, 2.05) is 45.0 Å². The molecule has 2 saturated heterocycles. The number of nitrogens with zero attached hydrogens (tertiary/aromatic N) is 8. The fourth-order valence-corrected chi connectivity index (χ4v) is 7.64. The molecular formula is C43H57N9O3. The molecule has 0 radical (unpaired) electrons. The van der Waals surface area contributed by atoms with Gasteiger partial charge < -0.3 is 20.6 Å². The van der Waals surface area contributed by atoms with Crippen LogP contribution in [0.2, 0.25) is 0 Å². The molecule has 0 saturated carbocycles. The highest BCUT2D eigenvalue weighted by Crippen LogP contribution is 2.34. The number of hydrogen-bond donors (Lipinski definition) is 2. The molecule has 4 unspecified atom stereocenters. The van der Waals surface area contributed by atoms with Crippen LogP contribution in [0.1, 0.15) is 98.6 Å². The van der Waals surface area contributed by atoms with Crippen LogP contribution in [0.3, 0.4) is 0 Å². The predicted molar refractivity (Wildman–Crippen MR) is 217 cm³/mol. The van der Waals surface area contributed by atoms with Crippen LogP contribution in [0.4, 0.5) is 11.4 Å². The van der Waals surface area contributed by atoms with Crippen LogP contribution in [0.25, 0.3) is 22.1 Å². The van der Waals surface area contributed by atoms with Gasteiger partial charge in [-0.05, 0) is 65.7 Å². The lowest BCUT2D eigenvalue weighted by Crippen LogP contribution is -2.46. The third-order valence-corrected chi connectivity index (χ3v) is 9.49. The quantitative estimate of drug-likeness (QED) is 0.198. The van der Waals surface area contributed by atoms with Gasteiger partial charge in [-0.1, -0.05) is 55.4 Å². The van der Waals surface area contributed by atoms with E-state index in [0.717, 1.165) is 61.4 Å². The first kappa shape index (κ1) is 42.5. The molecule has 0 spiro atoms. The Kier molecular flexibility index (Phi) is 14.2. The second-order valence-corrected chi connectivity index (χ2v) is 17.7. The first-order chi connectivity index (χ1) is 25.9. The number of carboxylic acid groups (broad SMARTS) is 1. The molecular weight excluding hydrogens is 691 g/mol. The Balaban J connectivity index is 0.000000210. The molecule has 6 rings (SSSR count). The molecule has 4 atom stereocenters. The molecule has 4 aromatic rings. The van der Waals surface area contributed by atoms with Gasteiger partial charge in [-0.15, -0.1) is 0 Å². The summed E-state index contributed by atoms with van der Waals surface area (Å²) >= 11 is 0. The lowest BCUT2D eigenvalue weighted by Gasteiger charge is -2.38. The Bertz CT molecular complexity index is 2030. The van der Waals surface area contributed by atoms with E-state index in [2.05, 4.69) is 76.5 Å². The Morgan fingerprint density at radius 2 is 1.15 bits per heavy atom. The number of fused-ring (bicyclic) bond motifs is 2. The lowest BCUT2D eigenvalue weighted by atomic mass is 9.82. The zero-order valence-electron chi connectivity index (χ0n) is 33.7. The van der Waals surface area contributed by atoms with E-state index in [1.54, 1.807) is 24.8 Å². The van der Waals surface area contributed by atoms with Gasteiger partial charge in [0.05, 0.1) is 28.9 Å². The molecule has 2 aromatic heterocycles. The number of carbonyl (C=O) groups is 2. The molecule has 4 heterocycles. The number of nitriles is 2. The van der Waals surface area contributed by atoms with Gasteiger partial charge in [0.2, 0.25) is 0 Å². The van der Waals surface area contributed by atoms with Crippen molar-refractivity contribution in [3.05, 3.63) is 60.2 Å². The normalized spacial score (nSPS) is 20.0. The highest BCUT2D eigenvalue weighted by molar-refractivity contribution is 5.93. The number of anilines is 2. The molecule has 2 aromatic carbocycles. The molecule has 12 nitrogen and oxygen atoms in total. The monoisotopic (exact) mass is 747 g/mol. The summed E-state index contributed by atoms with van der Waals surface area (Å²) in [6, 6.07) is 12.1. The minimum atomic E-state index is -0.725. The van der Waals surface area contributed by atoms with Gasteiger partial charge in [-0.3, -0.25) is 29.5 Å². The second kappa shape index (κ2) is 18.4. The average Bonchev–Trinajstić information content (AvgIpc) is 3.08. The van der Waals surface area contributed by atoms with Gasteiger partial charge in [0.25, 0.3) is 0 Å². The van der Waals surface area contributed by atoms with Crippen LogP contribution in [-0.2, 0) is 9.59 Å². The molecule has 12 heteroatoms. The minimum Gasteiger partial charge on any atom is -0.481 e. The van der Waals surface area contributed by atoms with E-state index in [9.17, 15) is 14.9 Å². The van der Waals surface area contributed by atoms with Crippen molar-refractivity contribution in [2.75, 3.05) is 36.0 Å². The first-order valence-electron chi connectivity index (χ1n) is 19.1. The Labute approximate surface area is 325 Å². The van der Waals surface area contributed by atoms with E-state index < -0.39 is 5.97 Å². The maximum absolute atomic E-state index is 12.5. The van der Waals surface area contributed by atoms with Crippen molar-refractivity contribution in [2.45, 2.75) is 93.5 Å². The van der Waals surface area contributed by atoms with Crippen molar-refractivity contribution in [3.8, 4) is 12.1 Å². The number of rotatable bonds is 6. The average molecular weight is 748 g/mol. The molecule has 0 amide bonds. The summed E-state index contributed by atoms with van der Waals surface area (Å²) in [5, 5.41) is 26.8. The second-order valence-electron chi connectivity index (χ2n) is 17.7. The third-order valence-electron chi connectivity index (χ3n) is 9.49. The van der Waals surface area contributed by atoms with Gasteiger partial charge in [0.1, 0.15) is 40.0 Å². The van der Waals surface area contributed by atoms with Crippen LogP contribution < -0.4 is 15.5 Å². The van der Waals surface area contributed by atoms with E-state index >= 15 is 0 Å². The van der Waals surface area contributed by atoms with Crippen molar-refractivity contribution in [2.24, 2.45) is 34.3 Å². The number of benzene rings is 2. The number of hydrogen-bond acceptors (Lipinski definition) is 11. The summed E-state index contributed by atoms with van der Waals surface area (Å²) in [5.41, 5.74) is 12.1. The van der Waals surface area contributed by atoms with E-state index in [1.165, 1.54) is 0 Å². The summed E-state index contributed by atoms with van der Waals surface area (Å²) in [4.78, 5) is 44.7. The van der Waals surface area contributed by atoms with Crippen LogP contribution in [0.15, 0.2) is 49.1 Å². The maximum Gasteiger partial charge on any atom is 0.303 e. The first-order valence-corrected chi connectivity index (χ1v) is 19.1. The molecule has 55 heavy (non-hydrogen) atoms. The third kappa shape index (κ3) is 12.4. The highest BCUT2D eigenvalue weighted by Gasteiger charge is 2.29. The Morgan fingerprint density at radius 3 is 1.55 bits per heavy atom. The zero-order chi connectivity index (χ0) is 40.5. The maximum atomic E-state index is 12.5. The van der Waals surface area contributed by atoms with Gasteiger partial charge in [0.15, 0.2) is 0 Å². The topological polar surface area (TPSA) is 186 Å². The summed E-state index contributed by atoms with van der Waals surface area (Å²) in [6.45, 7) is 20.1. The number of ketones is 1. The van der Waals surface area contributed by atoms with Gasteiger partial charge in [-0.25, -0.2) is 0 Å². The number of piperidine rings is 2. The molecule has 2 aliphatic heterocycles. The van der Waals surface area contributed by atoms with E-state index in [0.29, 0.717) is 58.5 Å². The van der Waals surface area contributed by atoms with Gasteiger partial charge in [0, 0.05) is 69.8 Å². The Morgan fingerprint density at radius 1 is 0.709 bits per heavy atom. The van der Waals surface area contributed by atoms with Gasteiger partial charge >= 0.3 is 5.97 Å². The van der Waals surface area contributed by atoms with Crippen molar-refractivity contribution < 1.29 is 14.7 Å². The molecule has 0 aliphatic carbocycles. The van der Waals surface area contributed by atoms with Gasteiger partial charge in [-0.2, -0.15) is 10.5 Å². The predicted octanol–water partition coefficient (Wildman–Crippen LogP) is 7.54.